The Hall–Kier alpha value is -1.09. The van der Waals surface area contributed by atoms with Gasteiger partial charge in [-0.3, -0.25) is 4.98 Å². The maximum absolute atomic E-state index is 4.32. The van der Waals surface area contributed by atoms with Crippen molar-refractivity contribution in [3.8, 4) is 0 Å². The Labute approximate surface area is 129 Å². The number of nitrogens with zero attached hydrogens (tertiary/aromatic N) is 2. The van der Waals surface area contributed by atoms with Gasteiger partial charge in [-0.1, -0.05) is 26.7 Å². The number of anilines is 1. The van der Waals surface area contributed by atoms with Crippen LogP contribution in [0.4, 0.5) is 5.69 Å². The Morgan fingerprint density at radius 2 is 1.90 bits per heavy atom. The molecule has 1 saturated heterocycles. The molecule has 3 heteroatoms. The van der Waals surface area contributed by atoms with E-state index >= 15 is 0 Å². The zero-order valence-electron chi connectivity index (χ0n) is 13.6. The first kappa shape index (κ1) is 14.8. The Morgan fingerprint density at radius 3 is 2.57 bits per heavy atom. The number of aromatic nitrogens is 1. The second-order valence-electron chi connectivity index (χ2n) is 7.23. The van der Waals surface area contributed by atoms with Crippen molar-refractivity contribution in [2.75, 3.05) is 18.0 Å². The largest absolute Gasteiger partial charge is 0.371 e. The summed E-state index contributed by atoms with van der Waals surface area (Å²) in [4.78, 5) is 6.91. The van der Waals surface area contributed by atoms with Gasteiger partial charge in [0.2, 0.25) is 0 Å². The molecule has 0 radical (unpaired) electrons. The van der Waals surface area contributed by atoms with Crippen LogP contribution in [0.1, 0.15) is 57.9 Å². The summed E-state index contributed by atoms with van der Waals surface area (Å²) in [6, 6.07) is 2.71. The quantitative estimate of drug-likeness (QED) is 0.914. The van der Waals surface area contributed by atoms with E-state index in [1.165, 1.54) is 62.9 Å². The second kappa shape index (κ2) is 6.35. The first-order valence-corrected chi connectivity index (χ1v) is 8.60. The summed E-state index contributed by atoms with van der Waals surface area (Å²) >= 11 is 0. The Balaban J connectivity index is 1.67. The summed E-state index contributed by atoms with van der Waals surface area (Å²) in [5.74, 6) is 0. The lowest BCUT2D eigenvalue weighted by molar-refractivity contribution is 0.226. The first-order chi connectivity index (χ1) is 10.2. The van der Waals surface area contributed by atoms with Gasteiger partial charge >= 0.3 is 0 Å². The molecule has 0 amide bonds. The van der Waals surface area contributed by atoms with Crippen LogP contribution in [0.3, 0.4) is 0 Å². The topological polar surface area (TPSA) is 28.2 Å². The van der Waals surface area contributed by atoms with E-state index in [0.29, 0.717) is 11.5 Å². The fourth-order valence-electron chi connectivity index (χ4n) is 4.03. The van der Waals surface area contributed by atoms with Crippen LogP contribution in [0, 0.1) is 5.41 Å². The van der Waals surface area contributed by atoms with Gasteiger partial charge in [0.25, 0.3) is 0 Å². The van der Waals surface area contributed by atoms with Gasteiger partial charge in [-0.2, -0.15) is 0 Å². The molecule has 1 aliphatic heterocycles. The number of pyridine rings is 1. The molecule has 116 valence electrons. The molecule has 2 aliphatic rings. The van der Waals surface area contributed by atoms with Crippen molar-refractivity contribution in [3.63, 3.8) is 0 Å². The zero-order valence-corrected chi connectivity index (χ0v) is 13.6. The number of hydrogen-bond acceptors (Lipinski definition) is 3. The molecule has 3 rings (SSSR count). The minimum atomic E-state index is 0.515. The predicted molar refractivity (Wildman–Crippen MR) is 88.6 cm³/mol. The minimum Gasteiger partial charge on any atom is -0.371 e. The van der Waals surface area contributed by atoms with Crippen LogP contribution < -0.4 is 10.2 Å². The second-order valence-corrected chi connectivity index (χ2v) is 7.23. The van der Waals surface area contributed by atoms with Gasteiger partial charge in [-0.15, -0.1) is 0 Å². The maximum atomic E-state index is 4.32. The average Bonchev–Trinajstić information content (AvgIpc) is 2.95. The third-order valence-electron chi connectivity index (χ3n) is 5.41. The monoisotopic (exact) mass is 287 g/mol. The van der Waals surface area contributed by atoms with Gasteiger partial charge in [0, 0.05) is 49.3 Å². The molecule has 1 aromatic rings. The standard InChI is InChI=1S/C18H29N3/c1-15(2)20-14-16-13-19-10-5-17(16)21-11-8-18(9-12-21)6-3-4-7-18/h5,10,13,15,20H,3-4,6-9,11-12,14H2,1-2H3. The minimum absolute atomic E-state index is 0.515. The van der Waals surface area contributed by atoms with Crippen molar-refractivity contribution < 1.29 is 0 Å². The summed E-state index contributed by atoms with van der Waals surface area (Å²) in [6.07, 6.45) is 12.6. The van der Waals surface area contributed by atoms with E-state index in [4.69, 9.17) is 0 Å². The molecule has 2 fully saturated rings. The predicted octanol–water partition coefficient (Wildman–Crippen LogP) is 3.74. The number of hydrogen-bond donors (Lipinski definition) is 1. The molecule has 0 unspecified atom stereocenters. The SMILES string of the molecule is CC(C)NCc1cnccc1N1CCC2(CCCC2)CC1. The highest BCUT2D eigenvalue weighted by Gasteiger charge is 2.37. The molecule has 1 spiro atoms. The Kier molecular flexibility index (Phi) is 4.48. The van der Waals surface area contributed by atoms with Gasteiger partial charge in [0.05, 0.1) is 0 Å². The molecule has 1 saturated carbocycles. The third-order valence-corrected chi connectivity index (χ3v) is 5.41. The third kappa shape index (κ3) is 3.39. The van der Waals surface area contributed by atoms with Crippen molar-refractivity contribution >= 4 is 5.69 Å². The van der Waals surface area contributed by atoms with Crippen molar-refractivity contribution in [2.24, 2.45) is 5.41 Å². The van der Waals surface area contributed by atoms with Crippen LogP contribution in [0.15, 0.2) is 18.5 Å². The van der Waals surface area contributed by atoms with E-state index in [9.17, 15) is 0 Å². The van der Waals surface area contributed by atoms with E-state index in [-0.39, 0.29) is 0 Å². The van der Waals surface area contributed by atoms with E-state index in [2.05, 4.69) is 35.1 Å². The van der Waals surface area contributed by atoms with E-state index in [1.54, 1.807) is 0 Å². The number of rotatable bonds is 4. The fraction of sp³-hybridized carbons (Fsp3) is 0.722. The van der Waals surface area contributed by atoms with Gasteiger partial charge < -0.3 is 10.2 Å². The van der Waals surface area contributed by atoms with E-state index in [1.807, 2.05) is 12.4 Å². The first-order valence-electron chi connectivity index (χ1n) is 8.60. The normalized spacial score (nSPS) is 21.4. The number of piperidine rings is 1. The molecule has 1 aliphatic carbocycles. The van der Waals surface area contributed by atoms with Crippen LogP contribution in [-0.2, 0) is 6.54 Å². The number of nitrogens with one attached hydrogen (secondary N) is 1. The van der Waals surface area contributed by atoms with Gasteiger partial charge in [-0.25, -0.2) is 0 Å². The molecular formula is C18H29N3. The van der Waals surface area contributed by atoms with E-state index in [0.717, 1.165) is 6.54 Å². The summed E-state index contributed by atoms with van der Waals surface area (Å²) in [5.41, 5.74) is 3.43. The Morgan fingerprint density at radius 1 is 1.19 bits per heavy atom. The van der Waals surface area contributed by atoms with Gasteiger partial charge in [0.1, 0.15) is 0 Å². The molecule has 3 nitrogen and oxygen atoms in total. The molecule has 2 heterocycles. The van der Waals surface area contributed by atoms with Crippen LogP contribution in [0.2, 0.25) is 0 Å². The van der Waals surface area contributed by atoms with Crippen molar-refractivity contribution in [1.82, 2.24) is 10.3 Å². The lowest BCUT2D eigenvalue weighted by Gasteiger charge is -2.41. The highest BCUT2D eigenvalue weighted by atomic mass is 15.1. The summed E-state index contributed by atoms with van der Waals surface area (Å²) < 4.78 is 0. The summed E-state index contributed by atoms with van der Waals surface area (Å²) in [6.45, 7) is 7.75. The molecule has 1 aromatic heterocycles. The lowest BCUT2D eigenvalue weighted by atomic mass is 9.77. The maximum Gasteiger partial charge on any atom is 0.0442 e. The van der Waals surface area contributed by atoms with Crippen LogP contribution in [0.25, 0.3) is 0 Å². The van der Waals surface area contributed by atoms with Gasteiger partial charge in [-0.05, 0) is 37.2 Å². The van der Waals surface area contributed by atoms with Crippen LogP contribution >= 0.6 is 0 Å². The molecule has 0 atom stereocenters. The molecule has 0 aromatic carbocycles. The van der Waals surface area contributed by atoms with Crippen molar-refractivity contribution in [3.05, 3.63) is 24.0 Å². The fourth-order valence-corrected chi connectivity index (χ4v) is 4.03. The van der Waals surface area contributed by atoms with Crippen LogP contribution in [0.5, 0.6) is 0 Å². The highest BCUT2D eigenvalue weighted by Crippen LogP contribution is 2.46. The van der Waals surface area contributed by atoms with E-state index < -0.39 is 0 Å². The lowest BCUT2D eigenvalue weighted by Crippen LogP contribution is -2.39. The highest BCUT2D eigenvalue weighted by molar-refractivity contribution is 5.52. The zero-order chi connectivity index (χ0) is 14.7. The average molecular weight is 287 g/mol. The molecule has 0 bridgehead atoms. The van der Waals surface area contributed by atoms with Crippen LogP contribution in [-0.4, -0.2) is 24.1 Å². The Bertz CT molecular complexity index is 453. The van der Waals surface area contributed by atoms with Crippen molar-refractivity contribution in [1.29, 1.82) is 0 Å². The molecular weight excluding hydrogens is 258 g/mol. The molecule has 21 heavy (non-hydrogen) atoms. The van der Waals surface area contributed by atoms with Crippen molar-refractivity contribution in [2.45, 2.75) is 65.0 Å². The molecule has 1 N–H and O–H groups in total. The summed E-state index contributed by atoms with van der Waals surface area (Å²) in [7, 11) is 0. The van der Waals surface area contributed by atoms with Gasteiger partial charge in [0.15, 0.2) is 0 Å². The smallest absolute Gasteiger partial charge is 0.0442 e. The summed E-state index contributed by atoms with van der Waals surface area (Å²) in [5, 5.41) is 3.52.